The monoisotopic (exact) mass is 383 g/mol. The molecule has 7 nitrogen and oxygen atoms in total. The van der Waals surface area contributed by atoms with Gasteiger partial charge in [-0.05, 0) is 38.0 Å². The van der Waals surface area contributed by atoms with E-state index in [0.717, 1.165) is 17.0 Å². The van der Waals surface area contributed by atoms with E-state index in [-0.39, 0.29) is 12.3 Å². The van der Waals surface area contributed by atoms with Gasteiger partial charge in [0.05, 0.1) is 24.0 Å². The van der Waals surface area contributed by atoms with Crippen molar-refractivity contribution in [2.75, 3.05) is 12.4 Å². The van der Waals surface area contributed by atoms with E-state index in [1.54, 1.807) is 22.7 Å². The molecule has 2 heterocycles. The maximum Gasteiger partial charge on any atom is 0.224 e. The molecule has 0 saturated heterocycles. The van der Waals surface area contributed by atoms with Crippen LogP contribution in [-0.2, 0) is 11.2 Å². The normalized spacial score (nSPS) is 10.6. The fraction of sp³-hybridized carbons (Fsp3) is 0.263. The van der Waals surface area contributed by atoms with E-state index in [2.05, 4.69) is 21.5 Å². The van der Waals surface area contributed by atoms with Crippen LogP contribution >= 0.6 is 11.6 Å². The lowest BCUT2D eigenvalue weighted by Gasteiger charge is -2.13. The van der Waals surface area contributed by atoms with E-state index in [1.807, 2.05) is 13.8 Å². The molecule has 2 aromatic heterocycles. The van der Waals surface area contributed by atoms with Gasteiger partial charge in [-0.2, -0.15) is 10.4 Å². The number of hydrogen-bond acceptors (Lipinski definition) is 5. The van der Waals surface area contributed by atoms with E-state index in [0.29, 0.717) is 34.1 Å². The molecule has 8 heteroatoms. The van der Waals surface area contributed by atoms with Crippen LogP contribution in [0, 0.1) is 25.2 Å². The minimum Gasteiger partial charge on any atom is -0.493 e. The predicted octanol–water partition coefficient (Wildman–Crippen LogP) is 3.45. The standard InChI is InChI=1S/C19H18ClN5O2/c1-11-14(12(2)25-19(23-11)13(9-21)10-22-25)7-8-17(26)24-16-6-4-5-15(20)18(16)27-3/h4-6,10H,7-8H2,1-3H3,(H,24,26). The Bertz CT molecular complexity index is 1070. The molecule has 0 unspecified atom stereocenters. The summed E-state index contributed by atoms with van der Waals surface area (Å²) < 4.78 is 6.88. The molecule has 0 atom stereocenters. The minimum atomic E-state index is -0.160. The number of nitriles is 1. The van der Waals surface area contributed by atoms with Gasteiger partial charge in [0.1, 0.15) is 11.6 Å². The lowest BCUT2D eigenvalue weighted by molar-refractivity contribution is -0.116. The summed E-state index contributed by atoms with van der Waals surface area (Å²) in [4.78, 5) is 16.9. The number of para-hydroxylation sites is 1. The number of benzene rings is 1. The summed E-state index contributed by atoms with van der Waals surface area (Å²) in [7, 11) is 1.50. The van der Waals surface area contributed by atoms with Crippen molar-refractivity contribution in [2.45, 2.75) is 26.7 Å². The van der Waals surface area contributed by atoms with E-state index >= 15 is 0 Å². The molecule has 0 bridgehead atoms. The molecule has 0 radical (unpaired) electrons. The molecule has 0 fully saturated rings. The molecule has 27 heavy (non-hydrogen) atoms. The van der Waals surface area contributed by atoms with Gasteiger partial charge >= 0.3 is 0 Å². The van der Waals surface area contributed by atoms with Crippen LogP contribution in [0.15, 0.2) is 24.4 Å². The van der Waals surface area contributed by atoms with Crippen LogP contribution < -0.4 is 10.1 Å². The average Bonchev–Trinajstić information content (AvgIpc) is 3.04. The lowest BCUT2D eigenvalue weighted by atomic mass is 10.1. The van der Waals surface area contributed by atoms with Crippen molar-refractivity contribution >= 4 is 28.8 Å². The predicted molar refractivity (Wildman–Crippen MR) is 102 cm³/mol. The van der Waals surface area contributed by atoms with Crippen LogP contribution in [0.25, 0.3) is 5.65 Å². The number of halogens is 1. The van der Waals surface area contributed by atoms with E-state index in [4.69, 9.17) is 21.6 Å². The molecule has 1 N–H and O–H groups in total. The molecule has 1 amide bonds. The van der Waals surface area contributed by atoms with Gasteiger partial charge < -0.3 is 10.1 Å². The lowest BCUT2D eigenvalue weighted by Crippen LogP contribution is -2.15. The van der Waals surface area contributed by atoms with Crippen molar-refractivity contribution < 1.29 is 9.53 Å². The Balaban J connectivity index is 1.78. The Morgan fingerprint density at radius 3 is 2.89 bits per heavy atom. The summed E-state index contributed by atoms with van der Waals surface area (Å²) in [6.07, 6.45) is 2.25. The number of methoxy groups -OCH3 is 1. The third-order valence-corrected chi connectivity index (χ3v) is 4.67. The van der Waals surface area contributed by atoms with Gasteiger partial charge in [-0.3, -0.25) is 4.79 Å². The smallest absolute Gasteiger partial charge is 0.224 e. The fourth-order valence-electron chi connectivity index (χ4n) is 3.02. The van der Waals surface area contributed by atoms with Gasteiger partial charge in [-0.15, -0.1) is 0 Å². The van der Waals surface area contributed by atoms with E-state index < -0.39 is 0 Å². The number of carbonyl (C=O) groups is 1. The third-order valence-electron chi connectivity index (χ3n) is 4.38. The number of nitrogens with zero attached hydrogens (tertiary/aromatic N) is 4. The first kappa shape index (κ1) is 18.7. The van der Waals surface area contributed by atoms with Gasteiger partial charge in [-0.25, -0.2) is 9.50 Å². The van der Waals surface area contributed by atoms with Gasteiger partial charge in [0.15, 0.2) is 11.4 Å². The first-order chi connectivity index (χ1) is 13.0. The van der Waals surface area contributed by atoms with Crippen molar-refractivity contribution in [3.8, 4) is 11.8 Å². The molecule has 0 aliphatic rings. The van der Waals surface area contributed by atoms with Crippen LogP contribution in [-0.4, -0.2) is 27.6 Å². The number of nitrogens with one attached hydrogen (secondary N) is 1. The minimum absolute atomic E-state index is 0.160. The molecule has 0 saturated carbocycles. The molecular weight excluding hydrogens is 366 g/mol. The highest BCUT2D eigenvalue weighted by Gasteiger charge is 2.16. The summed E-state index contributed by atoms with van der Waals surface area (Å²) in [6.45, 7) is 3.78. The van der Waals surface area contributed by atoms with Crippen molar-refractivity contribution in [1.29, 1.82) is 5.26 Å². The third kappa shape index (κ3) is 3.57. The van der Waals surface area contributed by atoms with E-state index in [9.17, 15) is 4.79 Å². The maximum absolute atomic E-state index is 12.4. The zero-order valence-electron chi connectivity index (χ0n) is 15.2. The number of hydrogen-bond donors (Lipinski definition) is 1. The number of amides is 1. The topological polar surface area (TPSA) is 92.3 Å². The first-order valence-electron chi connectivity index (χ1n) is 8.32. The van der Waals surface area contributed by atoms with Crippen LogP contribution in [0.4, 0.5) is 5.69 Å². The molecular formula is C19H18ClN5O2. The van der Waals surface area contributed by atoms with Crippen LogP contribution in [0.3, 0.4) is 0 Å². The number of aromatic nitrogens is 3. The molecule has 0 aliphatic carbocycles. The summed E-state index contributed by atoms with van der Waals surface area (Å²) in [5.74, 6) is 0.274. The SMILES string of the molecule is COc1c(Cl)cccc1NC(=O)CCc1c(C)nc2c(C#N)cnn2c1C. The molecule has 138 valence electrons. The van der Waals surface area contributed by atoms with Crippen LogP contribution in [0.2, 0.25) is 5.02 Å². The number of anilines is 1. The van der Waals surface area contributed by atoms with Gasteiger partial charge in [-0.1, -0.05) is 17.7 Å². The largest absolute Gasteiger partial charge is 0.493 e. The Morgan fingerprint density at radius 2 is 2.19 bits per heavy atom. The maximum atomic E-state index is 12.4. The van der Waals surface area contributed by atoms with Crippen LogP contribution in [0.1, 0.15) is 28.9 Å². The Labute approximate surface area is 161 Å². The number of ether oxygens (including phenoxy) is 1. The van der Waals surface area contributed by atoms with E-state index in [1.165, 1.54) is 13.3 Å². The van der Waals surface area contributed by atoms with Crippen molar-refractivity contribution in [2.24, 2.45) is 0 Å². The second-order valence-electron chi connectivity index (χ2n) is 6.04. The molecule has 3 aromatic rings. The van der Waals surface area contributed by atoms with Crippen molar-refractivity contribution in [3.05, 3.63) is 51.9 Å². The summed E-state index contributed by atoms with van der Waals surface area (Å²) in [6, 6.07) is 7.26. The summed E-state index contributed by atoms with van der Waals surface area (Å²) in [5, 5.41) is 16.6. The first-order valence-corrected chi connectivity index (χ1v) is 8.70. The highest BCUT2D eigenvalue weighted by atomic mass is 35.5. The summed E-state index contributed by atoms with van der Waals surface area (Å²) in [5.41, 5.74) is 4.08. The second-order valence-corrected chi connectivity index (χ2v) is 6.44. The van der Waals surface area contributed by atoms with Gasteiger partial charge in [0.2, 0.25) is 5.91 Å². The molecule has 0 spiro atoms. The van der Waals surface area contributed by atoms with Gasteiger partial charge in [0, 0.05) is 17.8 Å². The van der Waals surface area contributed by atoms with Crippen LogP contribution in [0.5, 0.6) is 5.75 Å². The molecule has 0 aliphatic heterocycles. The number of carbonyl (C=O) groups excluding carboxylic acids is 1. The second kappa shape index (κ2) is 7.64. The fourth-order valence-corrected chi connectivity index (χ4v) is 3.27. The van der Waals surface area contributed by atoms with Crippen molar-refractivity contribution in [3.63, 3.8) is 0 Å². The highest BCUT2D eigenvalue weighted by molar-refractivity contribution is 6.32. The number of aryl methyl sites for hydroxylation is 2. The number of fused-ring (bicyclic) bond motifs is 1. The molecule has 1 aromatic carbocycles. The Hall–Kier alpha value is -3.11. The quantitative estimate of drug-likeness (QED) is 0.728. The molecule has 3 rings (SSSR count). The highest BCUT2D eigenvalue weighted by Crippen LogP contribution is 2.32. The number of rotatable bonds is 5. The zero-order valence-corrected chi connectivity index (χ0v) is 16.0. The Kier molecular flexibility index (Phi) is 5.28. The van der Waals surface area contributed by atoms with Crippen molar-refractivity contribution in [1.82, 2.24) is 14.6 Å². The van der Waals surface area contributed by atoms with Gasteiger partial charge in [0.25, 0.3) is 0 Å². The average molecular weight is 384 g/mol. The Morgan fingerprint density at radius 1 is 1.41 bits per heavy atom. The zero-order chi connectivity index (χ0) is 19.6. The summed E-state index contributed by atoms with van der Waals surface area (Å²) >= 11 is 6.08.